The Labute approximate surface area is 114 Å². The van der Waals surface area contributed by atoms with Crippen LogP contribution in [0.4, 0.5) is 10.1 Å². The van der Waals surface area contributed by atoms with E-state index in [-0.39, 0.29) is 11.9 Å². The van der Waals surface area contributed by atoms with E-state index >= 15 is 0 Å². The van der Waals surface area contributed by atoms with Gasteiger partial charge >= 0.3 is 0 Å². The average molecular weight is 262 g/mol. The molecule has 1 aliphatic heterocycles. The number of nitrogens with zero attached hydrogens (tertiary/aromatic N) is 1. The van der Waals surface area contributed by atoms with Gasteiger partial charge in [-0.3, -0.25) is 0 Å². The molecule has 19 heavy (non-hydrogen) atoms. The zero-order valence-electron chi connectivity index (χ0n) is 11.6. The van der Waals surface area contributed by atoms with Gasteiger partial charge in [0.1, 0.15) is 5.82 Å². The maximum atomic E-state index is 14.4. The number of fused-ring (bicyclic) bond motifs is 1. The zero-order valence-corrected chi connectivity index (χ0v) is 11.6. The Morgan fingerprint density at radius 3 is 2.84 bits per heavy atom. The molecule has 3 rings (SSSR count). The lowest BCUT2D eigenvalue weighted by Gasteiger charge is -2.41. The monoisotopic (exact) mass is 262 g/mol. The maximum absolute atomic E-state index is 14.4. The summed E-state index contributed by atoms with van der Waals surface area (Å²) in [5, 5.41) is 0. The summed E-state index contributed by atoms with van der Waals surface area (Å²) in [6, 6.07) is 5.73. The summed E-state index contributed by atoms with van der Waals surface area (Å²) in [4.78, 5) is 2.31. The molecular weight excluding hydrogens is 239 g/mol. The molecule has 2 N–H and O–H groups in total. The van der Waals surface area contributed by atoms with E-state index in [0.29, 0.717) is 6.04 Å². The van der Waals surface area contributed by atoms with Gasteiger partial charge in [0.15, 0.2) is 0 Å². The number of benzene rings is 1. The maximum Gasteiger partial charge on any atom is 0.146 e. The molecule has 3 heteroatoms. The van der Waals surface area contributed by atoms with Gasteiger partial charge in [0.2, 0.25) is 0 Å². The first-order valence-electron chi connectivity index (χ1n) is 7.49. The number of anilines is 1. The smallest absolute Gasteiger partial charge is 0.146 e. The van der Waals surface area contributed by atoms with E-state index in [4.69, 9.17) is 5.73 Å². The van der Waals surface area contributed by atoms with Crippen molar-refractivity contribution < 1.29 is 4.39 Å². The first kappa shape index (κ1) is 12.9. The molecule has 2 aliphatic rings. The molecule has 1 saturated heterocycles. The molecule has 2 unspecified atom stereocenters. The van der Waals surface area contributed by atoms with Crippen LogP contribution < -0.4 is 10.6 Å². The molecule has 0 aromatic heterocycles. The highest BCUT2D eigenvalue weighted by atomic mass is 19.1. The van der Waals surface area contributed by atoms with Crippen molar-refractivity contribution in [3.8, 4) is 0 Å². The second-order valence-corrected chi connectivity index (χ2v) is 6.06. The van der Waals surface area contributed by atoms with Gasteiger partial charge in [-0.05, 0) is 50.2 Å². The van der Waals surface area contributed by atoms with Crippen LogP contribution in [0.5, 0.6) is 0 Å². The van der Waals surface area contributed by atoms with Crippen LogP contribution in [0.2, 0.25) is 0 Å². The van der Waals surface area contributed by atoms with Crippen molar-refractivity contribution >= 4 is 5.69 Å². The molecule has 1 saturated carbocycles. The quantitative estimate of drug-likeness (QED) is 0.882. The Morgan fingerprint density at radius 2 is 2.05 bits per heavy atom. The number of hydrogen-bond acceptors (Lipinski definition) is 2. The number of hydrogen-bond donors (Lipinski definition) is 1. The molecule has 1 aromatic carbocycles. The van der Waals surface area contributed by atoms with Crippen LogP contribution in [0.15, 0.2) is 18.2 Å². The van der Waals surface area contributed by atoms with Crippen molar-refractivity contribution in [2.45, 2.75) is 51.1 Å². The van der Waals surface area contributed by atoms with Crippen molar-refractivity contribution in [2.75, 3.05) is 11.4 Å². The average Bonchev–Trinajstić information content (AvgIpc) is 2.86. The number of rotatable bonds is 2. The molecule has 0 spiro atoms. The lowest BCUT2D eigenvalue weighted by Crippen LogP contribution is -2.43. The van der Waals surface area contributed by atoms with Crippen LogP contribution in [0.25, 0.3) is 0 Å². The second kappa shape index (κ2) is 5.12. The Hall–Kier alpha value is -1.09. The fraction of sp³-hybridized carbons (Fsp3) is 0.625. The third-order valence-corrected chi connectivity index (χ3v) is 4.79. The van der Waals surface area contributed by atoms with Crippen LogP contribution in [0.1, 0.15) is 50.6 Å². The standard InChI is InChI=1S/C16H23FN2/c1-11(18)13-7-3-8-14(17)16(13)19-10-4-6-12-5-2-9-15(12)19/h3,7-8,11-12,15H,2,4-6,9-10,18H2,1H3/t11-,12?,15?/m1/s1. The molecule has 0 bridgehead atoms. The van der Waals surface area contributed by atoms with E-state index in [1.165, 1.54) is 32.1 Å². The Balaban J connectivity index is 2.00. The van der Waals surface area contributed by atoms with E-state index < -0.39 is 0 Å². The number of piperidine rings is 1. The molecule has 2 fully saturated rings. The zero-order chi connectivity index (χ0) is 13.4. The molecule has 1 heterocycles. The van der Waals surface area contributed by atoms with E-state index in [2.05, 4.69) is 4.90 Å². The number of para-hydroxylation sites is 1. The SMILES string of the molecule is C[C@@H](N)c1cccc(F)c1N1CCCC2CCCC21. The van der Waals surface area contributed by atoms with Crippen LogP contribution in [0, 0.1) is 11.7 Å². The first-order valence-corrected chi connectivity index (χ1v) is 7.49. The summed E-state index contributed by atoms with van der Waals surface area (Å²) in [6.07, 6.45) is 6.28. The lowest BCUT2D eigenvalue weighted by molar-refractivity contribution is 0.358. The van der Waals surface area contributed by atoms with Crippen LogP contribution in [-0.4, -0.2) is 12.6 Å². The minimum Gasteiger partial charge on any atom is -0.366 e. The molecule has 1 aliphatic carbocycles. The molecule has 104 valence electrons. The van der Waals surface area contributed by atoms with E-state index in [9.17, 15) is 4.39 Å². The number of nitrogens with two attached hydrogens (primary N) is 1. The highest BCUT2D eigenvalue weighted by molar-refractivity contribution is 5.57. The van der Waals surface area contributed by atoms with Gasteiger partial charge in [-0.1, -0.05) is 18.6 Å². The van der Waals surface area contributed by atoms with Crippen LogP contribution in [-0.2, 0) is 0 Å². The first-order chi connectivity index (χ1) is 9.18. The van der Waals surface area contributed by atoms with E-state index in [0.717, 1.165) is 23.7 Å². The van der Waals surface area contributed by atoms with Crippen molar-refractivity contribution in [3.05, 3.63) is 29.6 Å². The highest BCUT2D eigenvalue weighted by Gasteiger charge is 2.36. The van der Waals surface area contributed by atoms with Crippen LogP contribution >= 0.6 is 0 Å². The largest absolute Gasteiger partial charge is 0.366 e. The van der Waals surface area contributed by atoms with Gasteiger partial charge in [0, 0.05) is 18.6 Å². The second-order valence-electron chi connectivity index (χ2n) is 6.06. The van der Waals surface area contributed by atoms with Gasteiger partial charge in [-0.2, -0.15) is 0 Å². The van der Waals surface area contributed by atoms with Crippen molar-refractivity contribution in [1.29, 1.82) is 0 Å². The van der Waals surface area contributed by atoms with Gasteiger partial charge in [-0.25, -0.2) is 4.39 Å². The van der Waals surface area contributed by atoms with Gasteiger partial charge < -0.3 is 10.6 Å². The Bertz CT molecular complexity index is 458. The molecule has 0 amide bonds. The van der Waals surface area contributed by atoms with Gasteiger partial charge in [0.05, 0.1) is 5.69 Å². The van der Waals surface area contributed by atoms with Gasteiger partial charge in [-0.15, -0.1) is 0 Å². The summed E-state index contributed by atoms with van der Waals surface area (Å²) in [5.41, 5.74) is 7.76. The Kier molecular flexibility index (Phi) is 3.48. The molecular formula is C16H23FN2. The van der Waals surface area contributed by atoms with Crippen molar-refractivity contribution in [2.24, 2.45) is 11.7 Å². The van der Waals surface area contributed by atoms with Gasteiger partial charge in [0.25, 0.3) is 0 Å². The van der Waals surface area contributed by atoms with Crippen molar-refractivity contribution in [3.63, 3.8) is 0 Å². The summed E-state index contributed by atoms with van der Waals surface area (Å²) in [5.74, 6) is 0.650. The lowest BCUT2D eigenvalue weighted by atomic mass is 9.90. The number of halogens is 1. The highest BCUT2D eigenvalue weighted by Crippen LogP contribution is 2.41. The summed E-state index contributed by atoms with van der Waals surface area (Å²) >= 11 is 0. The summed E-state index contributed by atoms with van der Waals surface area (Å²) < 4.78 is 14.4. The van der Waals surface area contributed by atoms with E-state index in [1.54, 1.807) is 12.1 Å². The third-order valence-electron chi connectivity index (χ3n) is 4.79. The Morgan fingerprint density at radius 1 is 1.26 bits per heavy atom. The molecule has 2 nitrogen and oxygen atoms in total. The summed E-state index contributed by atoms with van der Waals surface area (Å²) in [7, 11) is 0. The normalized spacial score (nSPS) is 28.3. The molecule has 0 radical (unpaired) electrons. The summed E-state index contributed by atoms with van der Waals surface area (Å²) in [6.45, 7) is 2.91. The molecule has 3 atom stereocenters. The van der Waals surface area contributed by atoms with Crippen molar-refractivity contribution in [1.82, 2.24) is 0 Å². The van der Waals surface area contributed by atoms with Crippen LogP contribution in [0.3, 0.4) is 0 Å². The minimum atomic E-state index is -0.118. The van der Waals surface area contributed by atoms with E-state index in [1.807, 2.05) is 13.0 Å². The fourth-order valence-electron chi connectivity index (χ4n) is 3.93. The molecule has 1 aromatic rings. The minimum absolute atomic E-state index is 0.109. The fourth-order valence-corrected chi connectivity index (χ4v) is 3.93. The predicted molar refractivity (Wildman–Crippen MR) is 76.7 cm³/mol. The third kappa shape index (κ3) is 2.25. The predicted octanol–water partition coefficient (Wildman–Crippen LogP) is 3.61. The topological polar surface area (TPSA) is 29.3 Å².